The maximum absolute atomic E-state index is 13.0. The highest BCUT2D eigenvalue weighted by Crippen LogP contribution is 2.26. The molecule has 0 aliphatic heterocycles. The monoisotopic (exact) mass is 442 g/mol. The van der Waals surface area contributed by atoms with E-state index >= 15 is 0 Å². The lowest BCUT2D eigenvalue weighted by molar-refractivity contribution is -0.148. The summed E-state index contributed by atoms with van der Waals surface area (Å²) in [6.07, 6.45) is -0.891. The number of nitrogens with zero attached hydrogens (tertiary/aromatic N) is 2. The second kappa shape index (κ2) is 10.2. The predicted molar refractivity (Wildman–Crippen MR) is 104 cm³/mol. The van der Waals surface area contributed by atoms with Crippen LogP contribution < -0.4 is 15.4 Å². The van der Waals surface area contributed by atoms with Gasteiger partial charge in [-0.1, -0.05) is 6.92 Å². The van der Waals surface area contributed by atoms with Crippen LogP contribution in [0.4, 0.5) is 23.4 Å². The topological polar surface area (TPSA) is 93.2 Å². The third-order valence-corrected chi connectivity index (χ3v) is 4.23. The first-order chi connectivity index (χ1) is 14.5. The Bertz CT molecular complexity index is 940. The summed E-state index contributed by atoms with van der Waals surface area (Å²) in [5, 5.41) is 5.31. The molecule has 0 saturated heterocycles. The van der Waals surface area contributed by atoms with Gasteiger partial charge in [0.1, 0.15) is 5.82 Å². The largest absolute Gasteiger partial charge is 0.471 e. The van der Waals surface area contributed by atoms with Gasteiger partial charge in [-0.15, -0.1) is 0 Å². The highest BCUT2D eigenvalue weighted by Gasteiger charge is 2.42. The van der Waals surface area contributed by atoms with Crippen molar-refractivity contribution >= 4 is 17.6 Å². The second-order valence-electron chi connectivity index (χ2n) is 6.77. The highest BCUT2D eigenvalue weighted by molar-refractivity contribution is 5.96. The Labute approximate surface area is 176 Å². The van der Waals surface area contributed by atoms with Crippen LogP contribution in [-0.2, 0) is 4.79 Å². The lowest BCUT2D eigenvalue weighted by Crippen LogP contribution is -2.34. The van der Waals surface area contributed by atoms with E-state index in [0.29, 0.717) is 11.1 Å². The maximum atomic E-state index is 13.0. The molecule has 0 aliphatic rings. The number of alkyl halides is 4. The third-order valence-electron chi connectivity index (χ3n) is 4.23. The number of carbonyl (C=O) groups excluding carboxylic acids is 2. The summed E-state index contributed by atoms with van der Waals surface area (Å²) in [5.74, 6) is -4.92. The van der Waals surface area contributed by atoms with Crippen molar-refractivity contribution in [3.8, 4) is 5.88 Å². The van der Waals surface area contributed by atoms with Gasteiger partial charge in [0.15, 0.2) is 6.61 Å². The van der Waals surface area contributed by atoms with E-state index in [-0.39, 0.29) is 29.6 Å². The van der Waals surface area contributed by atoms with Crippen molar-refractivity contribution < 1.29 is 31.9 Å². The minimum Gasteiger partial charge on any atom is -0.471 e. The van der Waals surface area contributed by atoms with Crippen molar-refractivity contribution in [2.24, 2.45) is 0 Å². The standard InChI is InChI=1S/C20H22F4N4O3/c1-4-16(29)28-15-8-13(5-6-25-15)17(30)27-12(3)14-7-11(2)18(26-9-14)31-10-20(23,24)19(21)22/h5-9,12,19H,4,10H2,1-3H3,(H,27,30)(H,25,28,29). The van der Waals surface area contributed by atoms with Crippen LogP contribution >= 0.6 is 0 Å². The summed E-state index contributed by atoms with van der Waals surface area (Å²) >= 11 is 0. The number of hydrogen-bond donors (Lipinski definition) is 2. The molecule has 0 aromatic carbocycles. The molecule has 11 heteroatoms. The summed E-state index contributed by atoms with van der Waals surface area (Å²) in [6.45, 7) is 3.39. The molecule has 2 heterocycles. The molecule has 2 amide bonds. The first-order valence-electron chi connectivity index (χ1n) is 9.35. The fourth-order valence-electron chi connectivity index (χ4n) is 2.43. The molecule has 31 heavy (non-hydrogen) atoms. The van der Waals surface area contributed by atoms with E-state index in [9.17, 15) is 27.2 Å². The molecule has 0 saturated carbocycles. The zero-order valence-electron chi connectivity index (χ0n) is 17.1. The molecule has 168 valence electrons. The molecule has 7 nitrogen and oxygen atoms in total. The van der Waals surface area contributed by atoms with Crippen LogP contribution in [0.5, 0.6) is 5.88 Å². The van der Waals surface area contributed by atoms with Crippen LogP contribution in [0.2, 0.25) is 0 Å². The number of ether oxygens (including phenoxy) is 1. The van der Waals surface area contributed by atoms with Crippen LogP contribution in [0.1, 0.15) is 47.8 Å². The van der Waals surface area contributed by atoms with E-state index in [2.05, 4.69) is 20.6 Å². The molecule has 2 rings (SSSR count). The molecule has 2 aromatic rings. The van der Waals surface area contributed by atoms with E-state index in [1.807, 2.05) is 0 Å². The highest BCUT2D eigenvalue weighted by atomic mass is 19.3. The number of pyridine rings is 2. The van der Waals surface area contributed by atoms with Crippen molar-refractivity contribution in [1.82, 2.24) is 15.3 Å². The average molecular weight is 442 g/mol. The summed E-state index contributed by atoms with van der Waals surface area (Å²) in [6, 6.07) is 3.94. The zero-order chi connectivity index (χ0) is 23.2. The third kappa shape index (κ3) is 6.63. The van der Waals surface area contributed by atoms with Crippen molar-refractivity contribution in [2.75, 3.05) is 11.9 Å². The number of aryl methyl sites for hydroxylation is 1. The van der Waals surface area contributed by atoms with Gasteiger partial charge in [-0.3, -0.25) is 9.59 Å². The normalized spacial score (nSPS) is 12.4. The maximum Gasteiger partial charge on any atom is 0.340 e. The number of nitrogens with one attached hydrogen (secondary N) is 2. The molecular weight excluding hydrogens is 420 g/mol. The van der Waals surface area contributed by atoms with E-state index in [1.54, 1.807) is 19.9 Å². The van der Waals surface area contributed by atoms with E-state index in [1.165, 1.54) is 31.5 Å². The van der Waals surface area contributed by atoms with Crippen molar-refractivity contribution in [3.63, 3.8) is 0 Å². The minimum atomic E-state index is -4.28. The Hall–Kier alpha value is -3.24. The van der Waals surface area contributed by atoms with Crippen molar-refractivity contribution in [2.45, 2.75) is 45.6 Å². The average Bonchev–Trinajstić information content (AvgIpc) is 2.72. The summed E-state index contributed by atoms with van der Waals surface area (Å²) < 4.78 is 55.2. The van der Waals surface area contributed by atoms with Crippen molar-refractivity contribution in [3.05, 3.63) is 47.3 Å². The van der Waals surface area contributed by atoms with Gasteiger partial charge in [-0.2, -0.15) is 8.78 Å². The molecule has 2 aromatic heterocycles. The zero-order valence-corrected chi connectivity index (χ0v) is 17.1. The van der Waals surface area contributed by atoms with Crippen LogP contribution in [0.25, 0.3) is 0 Å². The number of amides is 2. The predicted octanol–water partition coefficient (Wildman–Crippen LogP) is 3.90. The molecule has 0 fully saturated rings. The Balaban J connectivity index is 2.04. The quantitative estimate of drug-likeness (QED) is 0.575. The molecule has 0 aliphatic carbocycles. The van der Waals surface area contributed by atoms with Gasteiger partial charge in [0.05, 0.1) is 6.04 Å². The number of hydrogen-bond acceptors (Lipinski definition) is 5. The summed E-state index contributed by atoms with van der Waals surface area (Å²) in [4.78, 5) is 31.9. The van der Waals surface area contributed by atoms with Crippen molar-refractivity contribution in [1.29, 1.82) is 0 Å². The van der Waals surface area contributed by atoms with Gasteiger partial charge in [0.25, 0.3) is 5.91 Å². The fourth-order valence-corrected chi connectivity index (χ4v) is 2.43. The van der Waals surface area contributed by atoms with Gasteiger partial charge >= 0.3 is 12.3 Å². The number of carbonyl (C=O) groups is 2. The number of aromatic nitrogens is 2. The van der Waals surface area contributed by atoms with Crippen LogP contribution in [0.15, 0.2) is 30.6 Å². The fraction of sp³-hybridized carbons (Fsp3) is 0.400. The Morgan fingerprint density at radius 1 is 1.23 bits per heavy atom. The van der Waals surface area contributed by atoms with Gasteiger partial charge in [0, 0.05) is 29.9 Å². The van der Waals surface area contributed by atoms with Crippen LogP contribution in [0, 0.1) is 6.92 Å². The molecule has 0 radical (unpaired) electrons. The van der Waals surface area contributed by atoms with Gasteiger partial charge in [0.2, 0.25) is 11.8 Å². The lowest BCUT2D eigenvalue weighted by Gasteiger charge is -2.18. The molecular formula is C20H22F4N4O3. The molecule has 0 spiro atoms. The van der Waals surface area contributed by atoms with Crippen LogP contribution in [0.3, 0.4) is 0 Å². The Morgan fingerprint density at radius 3 is 2.55 bits per heavy atom. The first-order valence-corrected chi connectivity index (χ1v) is 9.35. The molecule has 2 N–H and O–H groups in total. The summed E-state index contributed by atoms with van der Waals surface area (Å²) in [5.41, 5.74) is 1.16. The van der Waals surface area contributed by atoms with E-state index < -0.39 is 30.9 Å². The molecule has 0 bridgehead atoms. The Kier molecular flexibility index (Phi) is 7.89. The smallest absolute Gasteiger partial charge is 0.340 e. The van der Waals surface area contributed by atoms with Crippen LogP contribution in [-0.4, -0.2) is 40.7 Å². The van der Waals surface area contributed by atoms with E-state index in [0.717, 1.165) is 0 Å². The van der Waals surface area contributed by atoms with Gasteiger partial charge < -0.3 is 15.4 Å². The van der Waals surface area contributed by atoms with Gasteiger partial charge in [-0.05, 0) is 37.6 Å². The number of anilines is 1. The first kappa shape index (κ1) is 24.0. The Morgan fingerprint density at radius 2 is 1.94 bits per heavy atom. The summed E-state index contributed by atoms with van der Waals surface area (Å²) in [7, 11) is 0. The minimum absolute atomic E-state index is 0.201. The van der Waals surface area contributed by atoms with Gasteiger partial charge in [-0.25, -0.2) is 18.7 Å². The molecule has 1 unspecified atom stereocenters. The SMILES string of the molecule is CCC(=O)Nc1cc(C(=O)NC(C)c2cnc(OCC(F)(F)C(F)F)c(C)c2)ccn1. The van der Waals surface area contributed by atoms with E-state index in [4.69, 9.17) is 4.74 Å². The number of rotatable bonds is 9. The molecule has 1 atom stereocenters. The second-order valence-corrected chi connectivity index (χ2v) is 6.77. The lowest BCUT2D eigenvalue weighted by atomic mass is 10.1. The number of halogens is 4.